The van der Waals surface area contributed by atoms with Gasteiger partial charge in [-0.2, -0.15) is 0 Å². The number of aliphatic hydroxyl groups is 1. The number of rotatable bonds is 4. The highest BCUT2D eigenvalue weighted by atomic mass is 35.5. The van der Waals surface area contributed by atoms with Crippen molar-refractivity contribution >= 4 is 38.6 Å². The minimum Gasteiger partial charge on any atom is -0.391 e. The van der Waals surface area contributed by atoms with Crippen LogP contribution in [-0.2, 0) is 16.6 Å². The van der Waals surface area contributed by atoms with Gasteiger partial charge in [0.15, 0.2) is 0 Å². The van der Waals surface area contributed by atoms with Gasteiger partial charge in [0.05, 0.1) is 22.2 Å². The number of nitrogens with one attached hydrogen (secondary N) is 1. The van der Waals surface area contributed by atoms with Gasteiger partial charge in [0.1, 0.15) is 5.82 Å². The monoisotopic (exact) mass is 321 g/mol. The molecule has 8 heteroatoms. The SMILES string of the molecule is O=S(=O)(Nc1ccc(F)cc1Cl)c1csc(CO)c1. The second kappa shape index (κ2) is 5.46. The Kier molecular flexibility index (Phi) is 4.10. The van der Waals surface area contributed by atoms with Crippen LogP contribution in [0.25, 0.3) is 0 Å². The number of hydrogen-bond acceptors (Lipinski definition) is 4. The van der Waals surface area contributed by atoms with Crippen molar-refractivity contribution in [3.63, 3.8) is 0 Å². The average Bonchev–Trinajstić information content (AvgIpc) is 2.82. The van der Waals surface area contributed by atoms with Crippen molar-refractivity contribution in [1.29, 1.82) is 0 Å². The molecule has 0 aliphatic rings. The molecule has 0 fully saturated rings. The number of thiophene rings is 1. The van der Waals surface area contributed by atoms with Crippen molar-refractivity contribution in [3.8, 4) is 0 Å². The summed E-state index contributed by atoms with van der Waals surface area (Å²) in [5.41, 5.74) is 0.0971. The number of sulfonamides is 1. The van der Waals surface area contributed by atoms with E-state index in [1.54, 1.807) is 0 Å². The molecular weight excluding hydrogens is 313 g/mol. The number of aliphatic hydroxyl groups excluding tert-OH is 1. The molecule has 0 unspecified atom stereocenters. The highest BCUT2D eigenvalue weighted by molar-refractivity contribution is 7.92. The zero-order valence-electron chi connectivity index (χ0n) is 9.43. The minimum absolute atomic E-state index is 0.0267. The van der Waals surface area contributed by atoms with Crippen molar-refractivity contribution in [3.05, 3.63) is 45.4 Å². The third-order valence-electron chi connectivity index (χ3n) is 2.27. The summed E-state index contributed by atoms with van der Waals surface area (Å²) in [4.78, 5) is 0.563. The Morgan fingerprint density at radius 2 is 2.11 bits per heavy atom. The maximum atomic E-state index is 12.9. The summed E-state index contributed by atoms with van der Waals surface area (Å²) in [6, 6.07) is 4.74. The fourth-order valence-corrected chi connectivity index (χ4v) is 3.84. The van der Waals surface area contributed by atoms with Crippen LogP contribution >= 0.6 is 22.9 Å². The summed E-state index contributed by atoms with van der Waals surface area (Å²) in [7, 11) is -3.80. The highest BCUT2D eigenvalue weighted by Crippen LogP contribution is 2.27. The van der Waals surface area contributed by atoms with E-state index in [4.69, 9.17) is 16.7 Å². The molecule has 2 aromatic rings. The van der Waals surface area contributed by atoms with Crippen LogP contribution in [0.5, 0.6) is 0 Å². The average molecular weight is 322 g/mol. The molecule has 2 N–H and O–H groups in total. The lowest BCUT2D eigenvalue weighted by Gasteiger charge is -2.08. The maximum absolute atomic E-state index is 12.9. The van der Waals surface area contributed by atoms with Gasteiger partial charge in [-0.3, -0.25) is 4.72 Å². The molecule has 0 atom stereocenters. The molecule has 0 saturated heterocycles. The van der Waals surface area contributed by atoms with Crippen molar-refractivity contribution in [2.75, 3.05) is 4.72 Å². The first-order chi connectivity index (χ1) is 8.92. The molecule has 102 valence electrons. The third kappa shape index (κ3) is 3.24. The summed E-state index contributed by atoms with van der Waals surface area (Å²) in [6.45, 7) is -0.225. The zero-order valence-corrected chi connectivity index (χ0v) is 11.8. The van der Waals surface area contributed by atoms with E-state index < -0.39 is 15.8 Å². The summed E-state index contributed by atoms with van der Waals surface area (Å²) >= 11 is 6.88. The first kappa shape index (κ1) is 14.3. The summed E-state index contributed by atoms with van der Waals surface area (Å²) in [5, 5.41) is 10.3. The maximum Gasteiger partial charge on any atom is 0.262 e. The predicted molar refractivity (Wildman–Crippen MR) is 72.5 cm³/mol. The molecule has 1 aromatic carbocycles. The van der Waals surface area contributed by atoms with Crippen LogP contribution in [0.3, 0.4) is 0 Å². The fraction of sp³-hybridized carbons (Fsp3) is 0.0909. The van der Waals surface area contributed by atoms with E-state index in [2.05, 4.69) is 4.72 Å². The van der Waals surface area contributed by atoms with E-state index in [1.165, 1.54) is 17.5 Å². The predicted octanol–water partition coefficient (Wildman–Crippen LogP) is 2.83. The Morgan fingerprint density at radius 1 is 1.37 bits per heavy atom. The van der Waals surface area contributed by atoms with Crippen molar-refractivity contribution in [2.24, 2.45) is 0 Å². The molecule has 4 nitrogen and oxygen atoms in total. The van der Waals surface area contributed by atoms with Gasteiger partial charge in [-0.15, -0.1) is 11.3 Å². The quantitative estimate of drug-likeness (QED) is 0.910. The van der Waals surface area contributed by atoms with E-state index >= 15 is 0 Å². The molecule has 1 heterocycles. The van der Waals surface area contributed by atoms with Gasteiger partial charge in [0.2, 0.25) is 0 Å². The van der Waals surface area contributed by atoms with E-state index in [0.717, 1.165) is 23.5 Å². The normalized spacial score (nSPS) is 11.5. The lowest BCUT2D eigenvalue weighted by molar-refractivity contribution is 0.285. The molecule has 0 radical (unpaired) electrons. The van der Waals surface area contributed by atoms with Gasteiger partial charge < -0.3 is 5.11 Å². The number of hydrogen-bond donors (Lipinski definition) is 2. The van der Waals surface area contributed by atoms with E-state index in [-0.39, 0.29) is 22.2 Å². The molecule has 2 rings (SSSR count). The van der Waals surface area contributed by atoms with Crippen LogP contribution < -0.4 is 4.72 Å². The van der Waals surface area contributed by atoms with Crippen LogP contribution in [0, 0.1) is 5.82 Å². The van der Waals surface area contributed by atoms with E-state index in [1.807, 2.05) is 0 Å². The van der Waals surface area contributed by atoms with Crippen LogP contribution in [0.1, 0.15) is 4.88 Å². The highest BCUT2D eigenvalue weighted by Gasteiger charge is 2.17. The lowest BCUT2D eigenvalue weighted by Crippen LogP contribution is -2.12. The summed E-state index contributed by atoms with van der Waals surface area (Å²) in [5.74, 6) is -0.550. The van der Waals surface area contributed by atoms with Crippen molar-refractivity contribution < 1.29 is 17.9 Å². The van der Waals surface area contributed by atoms with Gasteiger partial charge in [0.25, 0.3) is 10.0 Å². The van der Waals surface area contributed by atoms with Crippen LogP contribution in [0.2, 0.25) is 5.02 Å². The van der Waals surface area contributed by atoms with Gasteiger partial charge in [-0.25, -0.2) is 12.8 Å². The third-order valence-corrected chi connectivity index (χ3v) is 5.00. The molecule has 0 amide bonds. The smallest absolute Gasteiger partial charge is 0.262 e. The largest absolute Gasteiger partial charge is 0.391 e. The van der Waals surface area contributed by atoms with E-state index in [9.17, 15) is 12.8 Å². The van der Waals surface area contributed by atoms with Gasteiger partial charge >= 0.3 is 0 Å². The molecule has 0 spiro atoms. The molecule has 0 bridgehead atoms. The Labute approximate surface area is 118 Å². The van der Waals surface area contributed by atoms with Crippen LogP contribution in [0.15, 0.2) is 34.5 Å². The molecule has 0 aliphatic heterocycles. The molecule has 19 heavy (non-hydrogen) atoms. The second-order valence-electron chi connectivity index (χ2n) is 3.64. The number of benzene rings is 1. The van der Waals surface area contributed by atoms with Crippen LogP contribution in [-0.4, -0.2) is 13.5 Å². The second-order valence-corrected chi connectivity index (χ2v) is 6.72. The minimum atomic E-state index is -3.80. The summed E-state index contributed by atoms with van der Waals surface area (Å²) in [6.07, 6.45) is 0. The number of anilines is 1. The van der Waals surface area contributed by atoms with Crippen molar-refractivity contribution in [2.45, 2.75) is 11.5 Å². The molecular formula is C11H9ClFNO3S2. The molecule has 1 aromatic heterocycles. The Bertz CT molecular complexity index is 700. The van der Waals surface area contributed by atoms with Crippen molar-refractivity contribution in [1.82, 2.24) is 0 Å². The van der Waals surface area contributed by atoms with Crippen LogP contribution in [0.4, 0.5) is 10.1 Å². The fourth-order valence-electron chi connectivity index (χ4n) is 1.36. The van der Waals surface area contributed by atoms with Gasteiger partial charge in [-0.05, 0) is 24.3 Å². The summed E-state index contributed by atoms with van der Waals surface area (Å²) < 4.78 is 39.2. The topological polar surface area (TPSA) is 66.4 Å². The Morgan fingerprint density at radius 3 is 2.68 bits per heavy atom. The van der Waals surface area contributed by atoms with Gasteiger partial charge in [0, 0.05) is 10.3 Å². The zero-order chi connectivity index (χ0) is 14.0. The standard InChI is InChI=1S/C11H9ClFNO3S2/c12-10-3-7(13)1-2-11(10)14-19(16,17)9-4-8(5-15)18-6-9/h1-4,6,14-15H,5H2. The first-order valence-electron chi connectivity index (χ1n) is 5.08. The molecule has 0 aliphatic carbocycles. The van der Waals surface area contributed by atoms with E-state index in [0.29, 0.717) is 4.88 Å². The Hall–Kier alpha value is -1.15. The lowest BCUT2D eigenvalue weighted by atomic mass is 10.3. The van der Waals surface area contributed by atoms with Gasteiger partial charge in [-0.1, -0.05) is 11.6 Å². The molecule has 0 saturated carbocycles. The Balaban J connectivity index is 2.30. The number of halogens is 2. The first-order valence-corrected chi connectivity index (χ1v) is 7.82.